The van der Waals surface area contributed by atoms with Crippen LogP contribution in [0.2, 0.25) is 0 Å². The first kappa shape index (κ1) is 97.0. The molecule has 0 radical (unpaired) electrons. The molecular weight excluding hydrogens is 1540 g/mol. The number of carbonyl (C=O) groups excluding carboxylic acids is 9. The van der Waals surface area contributed by atoms with Crippen LogP contribution in [0, 0.1) is 0 Å². The van der Waals surface area contributed by atoms with E-state index in [0.717, 1.165) is 233 Å². The number of urea groups is 2. The molecule has 0 saturated heterocycles. The Hall–Kier alpha value is -8.55. The van der Waals surface area contributed by atoms with Crippen LogP contribution in [0.15, 0.2) is 105 Å². The summed E-state index contributed by atoms with van der Waals surface area (Å²) in [5.74, 6) is 2.29. The Morgan fingerprint density at radius 2 is 0.643 bits per heavy atom. The van der Waals surface area contributed by atoms with Crippen LogP contribution in [0.5, 0.6) is 23.0 Å². The van der Waals surface area contributed by atoms with E-state index in [1.807, 2.05) is 78.9 Å². The van der Waals surface area contributed by atoms with Crippen LogP contribution in [0.25, 0.3) is 0 Å². The summed E-state index contributed by atoms with van der Waals surface area (Å²) in [7, 11) is 0. The number of rotatable bonds is 51. The van der Waals surface area contributed by atoms with E-state index in [0.29, 0.717) is 58.9 Å². The number of hydrogen-bond acceptors (Lipinski definition) is 21. The number of benzene rings is 4. The molecule has 4 aromatic rings. The molecule has 0 aliphatic carbocycles. The lowest BCUT2D eigenvalue weighted by Gasteiger charge is -2.13. The number of allylic oxidation sites excluding steroid dienone is 1. The fraction of sp³-hybridized carbons (Fsp3) is 0.583. The van der Waals surface area contributed by atoms with E-state index in [-0.39, 0.29) is 69.4 Å². The van der Waals surface area contributed by atoms with Crippen LogP contribution in [-0.4, -0.2) is 141 Å². The summed E-state index contributed by atoms with van der Waals surface area (Å²) in [6.07, 6.45) is 30.4. The zero-order chi connectivity index (χ0) is 83.1. The summed E-state index contributed by atoms with van der Waals surface area (Å²) in [6.45, 7) is 21.0. The minimum atomic E-state index is -0.463. The fourth-order valence-corrected chi connectivity index (χ4v) is 16.1. The van der Waals surface area contributed by atoms with Crippen LogP contribution in [0.4, 0.5) is 32.3 Å². The maximum absolute atomic E-state index is 11.7. The summed E-state index contributed by atoms with van der Waals surface area (Å²) in [5, 5.41) is 41.7. The number of para-hydroxylation sites is 4. The Labute approximate surface area is 699 Å². The highest BCUT2D eigenvalue weighted by Gasteiger charge is 2.29. The molecule has 4 atom stereocenters. The second-order valence-electron chi connectivity index (χ2n) is 28.0. The van der Waals surface area contributed by atoms with Gasteiger partial charge >= 0.3 is 12.1 Å². The van der Waals surface area contributed by atoms with Crippen LogP contribution in [-0.2, 0) is 33.6 Å². The third kappa shape index (κ3) is 41.7. The molecule has 0 bridgehead atoms. The molecule has 4 aromatic carbocycles. The van der Waals surface area contributed by atoms with Crippen molar-refractivity contribution in [3.63, 3.8) is 0 Å². The van der Waals surface area contributed by atoms with E-state index < -0.39 is 5.91 Å². The second-order valence-corrected chi connectivity index (χ2v) is 32.6. The van der Waals surface area contributed by atoms with Crippen molar-refractivity contribution in [1.29, 1.82) is 0 Å². The number of unbranched alkanes of at least 4 members (excludes halogenated alkanes) is 17. The van der Waals surface area contributed by atoms with E-state index >= 15 is 0 Å². The van der Waals surface area contributed by atoms with Gasteiger partial charge in [-0.2, -0.15) is 0 Å². The summed E-state index contributed by atoms with van der Waals surface area (Å²) in [4.78, 5) is 107. The van der Waals surface area contributed by atoms with Gasteiger partial charge in [0.1, 0.15) is 29.6 Å². The summed E-state index contributed by atoms with van der Waals surface area (Å²) in [5.41, 5.74) is 3.07. The highest BCUT2D eigenvalue weighted by Crippen LogP contribution is 2.46. The monoisotopic (exact) mass is 1670 g/mol. The fourth-order valence-electron chi connectivity index (χ4n) is 11.8. The van der Waals surface area contributed by atoms with Crippen molar-refractivity contribution in [1.82, 2.24) is 53.2 Å². The quantitative estimate of drug-likeness (QED) is 0.0111. The number of ketones is 1. The molecule has 0 aromatic heterocycles. The maximum Gasteiger partial charge on any atom is 0.314 e. The van der Waals surface area contributed by atoms with Gasteiger partial charge in [-0.3, -0.25) is 33.6 Å². The summed E-state index contributed by atoms with van der Waals surface area (Å²) in [6, 6.07) is 23.4. The molecule has 115 heavy (non-hydrogen) atoms. The molecule has 31 heteroatoms. The van der Waals surface area contributed by atoms with E-state index in [4.69, 9.17) is 18.9 Å². The highest BCUT2D eigenvalue weighted by molar-refractivity contribution is 8.01. The van der Waals surface area contributed by atoms with Gasteiger partial charge in [0, 0.05) is 99.4 Å². The first-order valence-corrected chi connectivity index (χ1v) is 44.9. The van der Waals surface area contributed by atoms with Crippen molar-refractivity contribution in [2.45, 2.75) is 270 Å². The molecule has 8 rings (SSSR count). The van der Waals surface area contributed by atoms with Gasteiger partial charge in [-0.05, 0) is 151 Å². The van der Waals surface area contributed by atoms with Crippen molar-refractivity contribution in [3.05, 3.63) is 84.9 Å². The van der Waals surface area contributed by atoms with Crippen LogP contribution >= 0.6 is 47.0 Å². The van der Waals surface area contributed by atoms with Crippen molar-refractivity contribution in [2.24, 2.45) is 0 Å². The predicted octanol–water partition coefficient (Wildman–Crippen LogP) is 15.6. The second kappa shape index (κ2) is 59.2. The van der Waals surface area contributed by atoms with Gasteiger partial charge in [-0.1, -0.05) is 169 Å². The molecule has 638 valence electrons. The Morgan fingerprint density at radius 1 is 0.339 bits per heavy atom. The number of carbonyl (C=O) groups is 9. The number of anilines is 4. The third-order valence-electron chi connectivity index (χ3n) is 17.7. The standard InChI is InChI=1S/C22H34N4O3S.C21H31N3O4S.C21H33N3O3S.C20H32N4O3S/c1-3-4-8-14-23-21(28)24-15-9-6-5-7-10-16-29-18-12-11-13-19-20(18)26-22(30-19)25-17(2)27;1-3-4-6-10-16(26)20(27)22-13-7-5-8-14-28-17-11-9-12-18-19(17)24-21(29-18)23-15(2)25;1-3-4-5-7-13-19(26)22-14-8-6-9-15-27-17-11-10-12-18-20(17)24-21(28-18)23-16(2)25;1-3-4-6-12-21-19(26)22-13-7-5-8-14-27-16-10-9-11-17-18(16)24-20(28-17)23-15(2)25/h7,10-13,22,26H,3-6,8-9,14-16H2,1-2H3,(H,25,27)(H2,23,24,28);9,11-12,21,24H,3-8,10,13-14H2,1-2H3,(H,22,27)(H,23,25);10-12,21,24H,3-9,13-15H2,1-2H3,(H,22,26)(H,23,25);9-11,20,24H,3-8,12-14H2,1-2H3,(H,23,25)(H2,21,22,26)/b10-7+;;;. The van der Waals surface area contributed by atoms with E-state index in [2.05, 4.69) is 108 Å². The van der Waals surface area contributed by atoms with Gasteiger partial charge in [0.2, 0.25) is 35.3 Å². The minimum Gasteiger partial charge on any atom is -0.491 e. The van der Waals surface area contributed by atoms with E-state index in [1.165, 1.54) is 40.5 Å². The molecule has 4 aliphatic rings. The zero-order valence-electron chi connectivity index (χ0n) is 69.0. The molecule has 4 unspecified atom stereocenters. The molecular formula is C84H130N14O13S4. The average Bonchev–Trinajstić information content (AvgIpc) is 1.70. The number of hydrogen-bond donors (Lipinski definition) is 14. The van der Waals surface area contributed by atoms with E-state index in [1.54, 1.807) is 47.0 Å². The molecule has 14 N–H and O–H groups in total. The normalized spacial score (nSPS) is 14.7. The summed E-state index contributed by atoms with van der Waals surface area (Å²) >= 11 is 6.26. The topological polar surface area (TPSA) is 359 Å². The Morgan fingerprint density at radius 3 is 1.01 bits per heavy atom. The highest BCUT2D eigenvalue weighted by atomic mass is 32.2. The molecule has 0 saturated carbocycles. The molecule has 0 fully saturated rings. The maximum atomic E-state index is 11.7. The van der Waals surface area contributed by atoms with Gasteiger partial charge in [0.25, 0.3) is 5.91 Å². The van der Waals surface area contributed by atoms with Crippen molar-refractivity contribution < 1.29 is 62.1 Å². The predicted molar refractivity (Wildman–Crippen MR) is 466 cm³/mol. The number of fused-ring (bicyclic) bond motifs is 4. The lowest BCUT2D eigenvalue weighted by Crippen LogP contribution is -2.36. The molecule has 0 spiro atoms. The van der Waals surface area contributed by atoms with Crippen LogP contribution < -0.4 is 93.4 Å². The van der Waals surface area contributed by atoms with Crippen LogP contribution in [0.1, 0.15) is 229 Å². The number of Topliss-reactive ketones (excluding diaryl/α,β-unsaturated/α-hetero) is 1. The largest absolute Gasteiger partial charge is 0.491 e. The van der Waals surface area contributed by atoms with E-state index in [9.17, 15) is 43.2 Å². The van der Waals surface area contributed by atoms with Gasteiger partial charge in [0.05, 0.1) is 42.6 Å². The van der Waals surface area contributed by atoms with Gasteiger partial charge in [-0.15, -0.1) is 0 Å². The Bertz CT molecular complexity index is 3510. The average molecular weight is 1670 g/mol. The number of amides is 10. The number of nitrogens with one attached hydrogen (secondary N) is 14. The number of ether oxygens (including phenoxy) is 4. The first-order valence-electron chi connectivity index (χ1n) is 41.4. The van der Waals surface area contributed by atoms with Crippen molar-refractivity contribution >= 4 is 123 Å². The molecule has 10 amide bonds. The Balaban J connectivity index is 0.000000274. The smallest absolute Gasteiger partial charge is 0.314 e. The minimum absolute atomic E-state index is 0.0617. The Kier molecular flexibility index (Phi) is 49.9. The summed E-state index contributed by atoms with van der Waals surface area (Å²) < 4.78 is 23.6. The third-order valence-corrected chi connectivity index (χ3v) is 22.0. The van der Waals surface area contributed by atoms with Gasteiger partial charge < -0.3 is 93.4 Å². The molecule has 4 aliphatic heterocycles. The first-order chi connectivity index (χ1) is 55.8. The SMILES string of the molecule is CCCCCC(=O)C(=O)NCCCCCOc1cccc2c1NC(NC(C)=O)S2.CCCCCCC(=O)NCCCCCOc1cccc2c1NC(NC(C)=O)S2.CCCCCNC(=O)NCCCC/C=C/COc1cccc2c1NC(NC(C)=O)S2.CCCCCNC(=O)NCCCCCOc1cccc2c1NC(NC(C)=O)S2. The van der Waals surface area contributed by atoms with Gasteiger partial charge in [0.15, 0.2) is 22.0 Å². The van der Waals surface area contributed by atoms with Crippen molar-refractivity contribution in [3.8, 4) is 23.0 Å². The molecule has 27 nitrogen and oxygen atoms in total. The number of thioether (sulfide) groups is 4. The van der Waals surface area contributed by atoms with Crippen LogP contribution in [0.3, 0.4) is 0 Å². The lowest BCUT2D eigenvalue weighted by molar-refractivity contribution is -0.138. The lowest BCUT2D eigenvalue weighted by atomic mass is 10.1. The molecule has 4 heterocycles. The van der Waals surface area contributed by atoms with Gasteiger partial charge in [-0.25, -0.2) is 9.59 Å². The zero-order valence-corrected chi connectivity index (χ0v) is 72.3. The van der Waals surface area contributed by atoms with Crippen molar-refractivity contribution in [2.75, 3.05) is 87.0 Å².